The van der Waals surface area contributed by atoms with Gasteiger partial charge in [-0.3, -0.25) is 14.4 Å². The van der Waals surface area contributed by atoms with E-state index in [-0.39, 0.29) is 10.9 Å². The number of rotatable bonds is 4. The van der Waals surface area contributed by atoms with Crippen molar-refractivity contribution in [3.8, 4) is 0 Å². The van der Waals surface area contributed by atoms with Crippen molar-refractivity contribution in [2.75, 3.05) is 17.9 Å². The fourth-order valence-electron chi connectivity index (χ4n) is 3.18. The van der Waals surface area contributed by atoms with Crippen molar-refractivity contribution in [2.45, 2.75) is 30.7 Å². The van der Waals surface area contributed by atoms with Gasteiger partial charge in [0, 0.05) is 30.5 Å². The number of aryl methyl sites for hydroxylation is 1. The third-order valence-electron chi connectivity index (χ3n) is 4.53. The number of sulfonamides is 1. The number of hydrogen-bond donors (Lipinski definition) is 1. The number of nitrogens with one attached hydrogen (secondary N) is 1. The molecule has 26 heavy (non-hydrogen) atoms. The molecule has 0 spiro atoms. The average Bonchev–Trinajstić information content (AvgIpc) is 3.09. The highest BCUT2D eigenvalue weighted by molar-refractivity contribution is 7.93. The van der Waals surface area contributed by atoms with E-state index in [0.717, 1.165) is 23.9 Å². The summed E-state index contributed by atoms with van der Waals surface area (Å²) in [6.07, 6.45) is 5.02. The minimum absolute atomic E-state index is 0.164. The second-order valence-electron chi connectivity index (χ2n) is 6.44. The first-order chi connectivity index (χ1) is 12.5. The molecular weight excluding hydrogens is 352 g/mol. The van der Waals surface area contributed by atoms with Crippen molar-refractivity contribution < 1.29 is 13.2 Å². The summed E-state index contributed by atoms with van der Waals surface area (Å²) in [6, 6.07) is 9.12. The molecule has 1 aromatic carbocycles. The summed E-state index contributed by atoms with van der Waals surface area (Å²) in [6.45, 7) is 3.24. The van der Waals surface area contributed by atoms with E-state index in [4.69, 9.17) is 4.74 Å². The zero-order valence-corrected chi connectivity index (χ0v) is 15.2. The topological polar surface area (TPSA) is 86.1 Å². The molecule has 1 saturated heterocycles. The standard InChI is InChI=1S/C18H20N4O3S/c1-13-5-6-14-3-2-4-17(18(14)20-13)26(23,24)21-15-11-19-22(12-15)16-7-9-25-10-8-16/h2-6,11-12,16,21H,7-10H2,1H3. The van der Waals surface area contributed by atoms with E-state index < -0.39 is 10.0 Å². The predicted octanol–water partition coefficient (Wildman–Crippen LogP) is 2.89. The minimum Gasteiger partial charge on any atom is -0.381 e. The maximum Gasteiger partial charge on any atom is 0.264 e. The van der Waals surface area contributed by atoms with Gasteiger partial charge in [0.2, 0.25) is 0 Å². The Kier molecular flexibility index (Phi) is 4.37. The summed E-state index contributed by atoms with van der Waals surface area (Å²) in [7, 11) is -3.76. The lowest BCUT2D eigenvalue weighted by Gasteiger charge is -2.22. The van der Waals surface area contributed by atoms with Gasteiger partial charge in [0.1, 0.15) is 4.90 Å². The van der Waals surface area contributed by atoms with Crippen LogP contribution in [0.1, 0.15) is 24.6 Å². The summed E-state index contributed by atoms with van der Waals surface area (Å²) < 4.78 is 35.6. The molecule has 0 aliphatic carbocycles. The zero-order valence-electron chi connectivity index (χ0n) is 14.4. The molecule has 0 unspecified atom stereocenters. The van der Waals surface area contributed by atoms with Gasteiger partial charge in [-0.1, -0.05) is 18.2 Å². The van der Waals surface area contributed by atoms with Crippen LogP contribution in [0.25, 0.3) is 10.9 Å². The average molecular weight is 372 g/mol. The summed E-state index contributed by atoms with van der Waals surface area (Å²) in [4.78, 5) is 4.57. The zero-order chi connectivity index (χ0) is 18.1. The van der Waals surface area contributed by atoms with Gasteiger partial charge in [-0.25, -0.2) is 8.42 Å². The lowest BCUT2D eigenvalue weighted by Crippen LogP contribution is -2.19. The van der Waals surface area contributed by atoms with Crippen molar-refractivity contribution in [2.24, 2.45) is 0 Å². The summed E-state index contributed by atoms with van der Waals surface area (Å²) >= 11 is 0. The quantitative estimate of drug-likeness (QED) is 0.761. The SMILES string of the molecule is Cc1ccc2cccc(S(=O)(=O)Nc3cnn(C4CCOCC4)c3)c2n1. The van der Waals surface area contributed by atoms with Crippen LogP contribution in [0.2, 0.25) is 0 Å². The Morgan fingerprint density at radius 2 is 2.00 bits per heavy atom. The Hall–Kier alpha value is -2.45. The van der Waals surface area contributed by atoms with Gasteiger partial charge in [0.05, 0.1) is 23.4 Å². The number of hydrogen-bond acceptors (Lipinski definition) is 5. The van der Waals surface area contributed by atoms with E-state index in [9.17, 15) is 8.42 Å². The van der Waals surface area contributed by atoms with Crippen LogP contribution in [0.4, 0.5) is 5.69 Å². The molecule has 0 radical (unpaired) electrons. The number of aromatic nitrogens is 3. The molecule has 1 aliphatic heterocycles. The minimum atomic E-state index is -3.76. The van der Waals surface area contributed by atoms with E-state index >= 15 is 0 Å². The fraction of sp³-hybridized carbons (Fsp3) is 0.333. The monoisotopic (exact) mass is 372 g/mol. The van der Waals surface area contributed by atoms with Crippen molar-refractivity contribution in [3.63, 3.8) is 0 Å². The van der Waals surface area contributed by atoms with Gasteiger partial charge >= 0.3 is 0 Å². The highest BCUT2D eigenvalue weighted by atomic mass is 32.2. The number of ether oxygens (including phenoxy) is 1. The van der Waals surface area contributed by atoms with E-state index in [1.807, 2.05) is 29.8 Å². The molecule has 7 nitrogen and oxygen atoms in total. The summed E-state index contributed by atoms with van der Waals surface area (Å²) in [5, 5.41) is 5.10. The van der Waals surface area contributed by atoms with Gasteiger partial charge in [-0.15, -0.1) is 0 Å². The van der Waals surface area contributed by atoms with Crippen LogP contribution >= 0.6 is 0 Å². The lowest BCUT2D eigenvalue weighted by atomic mass is 10.1. The van der Waals surface area contributed by atoms with Crippen molar-refractivity contribution in [1.82, 2.24) is 14.8 Å². The van der Waals surface area contributed by atoms with E-state index in [2.05, 4.69) is 14.8 Å². The Morgan fingerprint density at radius 3 is 2.81 bits per heavy atom. The molecule has 1 N–H and O–H groups in total. The number of anilines is 1. The van der Waals surface area contributed by atoms with Crippen LogP contribution in [0.3, 0.4) is 0 Å². The Balaban J connectivity index is 1.64. The fourth-order valence-corrected chi connectivity index (χ4v) is 4.39. The Labute approximate surface area is 152 Å². The number of nitrogens with zero attached hydrogens (tertiary/aromatic N) is 3. The van der Waals surface area contributed by atoms with Crippen molar-refractivity contribution >= 4 is 26.6 Å². The maximum atomic E-state index is 12.9. The highest BCUT2D eigenvalue weighted by Crippen LogP contribution is 2.25. The molecule has 2 aromatic heterocycles. The Morgan fingerprint density at radius 1 is 1.19 bits per heavy atom. The second kappa shape index (κ2) is 6.69. The predicted molar refractivity (Wildman–Crippen MR) is 98.6 cm³/mol. The van der Waals surface area contributed by atoms with Gasteiger partial charge in [0.15, 0.2) is 0 Å². The molecule has 3 aromatic rings. The van der Waals surface area contributed by atoms with Gasteiger partial charge in [-0.05, 0) is 31.9 Å². The van der Waals surface area contributed by atoms with Crippen LogP contribution in [-0.4, -0.2) is 36.4 Å². The third kappa shape index (κ3) is 3.30. The van der Waals surface area contributed by atoms with Gasteiger partial charge in [0.25, 0.3) is 10.0 Å². The molecule has 0 atom stereocenters. The van der Waals surface area contributed by atoms with Crippen LogP contribution in [0, 0.1) is 6.92 Å². The van der Waals surface area contributed by atoms with Crippen molar-refractivity contribution in [1.29, 1.82) is 0 Å². The number of pyridine rings is 1. The summed E-state index contributed by atoms with van der Waals surface area (Å²) in [5.74, 6) is 0. The van der Waals surface area contributed by atoms with Crippen LogP contribution in [0.5, 0.6) is 0 Å². The number of para-hydroxylation sites is 1. The van der Waals surface area contributed by atoms with Gasteiger partial charge in [-0.2, -0.15) is 5.10 Å². The molecule has 0 amide bonds. The molecule has 3 heterocycles. The number of fused-ring (bicyclic) bond motifs is 1. The first kappa shape index (κ1) is 17.0. The molecule has 0 saturated carbocycles. The van der Waals surface area contributed by atoms with Crippen LogP contribution in [0.15, 0.2) is 47.6 Å². The first-order valence-corrected chi connectivity index (χ1v) is 10.0. The van der Waals surface area contributed by atoms with Crippen molar-refractivity contribution in [3.05, 3.63) is 48.4 Å². The first-order valence-electron chi connectivity index (χ1n) is 8.54. The largest absolute Gasteiger partial charge is 0.381 e. The van der Waals surface area contributed by atoms with Gasteiger partial charge < -0.3 is 4.74 Å². The molecule has 8 heteroatoms. The smallest absolute Gasteiger partial charge is 0.264 e. The van der Waals surface area contributed by atoms with E-state index in [1.165, 1.54) is 6.20 Å². The molecule has 4 rings (SSSR count). The molecule has 136 valence electrons. The summed E-state index contributed by atoms with van der Waals surface area (Å²) in [5.41, 5.74) is 1.69. The second-order valence-corrected chi connectivity index (χ2v) is 8.09. The van der Waals surface area contributed by atoms with Crippen LogP contribution < -0.4 is 4.72 Å². The molecule has 1 fully saturated rings. The molecule has 1 aliphatic rings. The number of benzene rings is 1. The maximum absolute atomic E-state index is 12.9. The molecule has 0 bridgehead atoms. The normalized spacial score (nSPS) is 16.0. The highest BCUT2D eigenvalue weighted by Gasteiger charge is 2.21. The Bertz CT molecular complexity index is 1040. The van der Waals surface area contributed by atoms with E-state index in [0.29, 0.717) is 24.4 Å². The lowest BCUT2D eigenvalue weighted by molar-refractivity contribution is 0.0662. The molecular formula is C18H20N4O3S. The third-order valence-corrected chi connectivity index (χ3v) is 5.94. The van der Waals surface area contributed by atoms with E-state index in [1.54, 1.807) is 18.3 Å². The van der Waals surface area contributed by atoms with Crippen LogP contribution in [-0.2, 0) is 14.8 Å².